The predicted octanol–water partition coefficient (Wildman–Crippen LogP) is 1.65. The minimum absolute atomic E-state index is 0.0658. The summed E-state index contributed by atoms with van der Waals surface area (Å²) in [6, 6.07) is 15.3. The third-order valence-electron chi connectivity index (χ3n) is 5.23. The van der Waals surface area contributed by atoms with Crippen molar-refractivity contribution in [2.45, 2.75) is 17.7 Å². The smallest absolute Gasteiger partial charge is 0.243 e. The molecule has 160 valence electrons. The van der Waals surface area contributed by atoms with Gasteiger partial charge in [0.1, 0.15) is 0 Å². The zero-order valence-corrected chi connectivity index (χ0v) is 17.6. The molecule has 1 fully saturated rings. The molecule has 0 spiro atoms. The first-order chi connectivity index (χ1) is 14.3. The summed E-state index contributed by atoms with van der Waals surface area (Å²) in [4.78, 5) is 25.9. The summed E-state index contributed by atoms with van der Waals surface area (Å²) in [6.45, 7) is 1.21. The van der Waals surface area contributed by atoms with Crippen LogP contribution in [0.5, 0.6) is 0 Å². The first-order valence-electron chi connectivity index (χ1n) is 9.73. The number of amides is 2. The lowest BCUT2D eigenvalue weighted by atomic mass is 9.96. The van der Waals surface area contributed by atoms with Gasteiger partial charge in [0.25, 0.3) is 0 Å². The van der Waals surface area contributed by atoms with E-state index in [1.165, 1.54) is 19.2 Å². The third kappa shape index (κ3) is 5.17. The number of primary amides is 1. The van der Waals surface area contributed by atoms with E-state index in [0.717, 1.165) is 35.9 Å². The van der Waals surface area contributed by atoms with Gasteiger partial charge in [-0.15, -0.1) is 0 Å². The van der Waals surface area contributed by atoms with Gasteiger partial charge in [-0.1, -0.05) is 18.2 Å². The van der Waals surface area contributed by atoms with E-state index in [1.807, 2.05) is 12.1 Å². The highest BCUT2D eigenvalue weighted by molar-refractivity contribution is 7.89. The number of nitrogens with one attached hydrogen (secondary N) is 1. The summed E-state index contributed by atoms with van der Waals surface area (Å²) in [5.41, 5.74) is 6.96. The summed E-state index contributed by atoms with van der Waals surface area (Å²) in [5.74, 6) is -0.733. The monoisotopic (exact) mass is 430 g/mol. The number of anilines is 2. The number of carbonyl (C=O) groups excluding carboxylic acids is 2. The molecule has 0 bridgehead atoms. The maximum absolute atomic E-state index is 12.5. The number of hydrogen-bond acceptors (Lipinski definition) is 5. The van der Waals surface area contributed by atoms with Crippen molar-refractivity contribution in [3.8, 4) is 0 Å². The first-order valence-corrected chi connectivity index (χ1v) is 11.2. The lowest BCUT2D eigenvalue weighted by molar-refractivity contribution is -0.122. The normalized spacial score (nSPS) is 15.2. The van der Waals surface area contributed by atoms with Crippen LogP contribution in [0.3, 0.4) is 0 Å². The van der Waals surface area contributed by atoms with Gasteiger partial charge in [-0.05, 0) is 49.2 Å². The van der Waals surface area contributed by atoms with Crippen molar-refractivity contribution >= 4 is 33.2 Å². The molecule has 1 aliphatic heterocycles. The van der Waals surface area contributed by atoms with Crippen molar-refractivity contribution in [2.24, 2.45) is 11.7 Å². The predicted molar refractivity (Wildman–Crippen MR) is 115 cm³/mol. The molecule has 0 atom stereocenters. The number of rotatable bonds is 7. The van der Waals surface area contributed by atoms with E-state index in [1.54, 1.807) is 30.3 Å². The summed E-state index contributed by atoms with van der Waals surface area (Å²) in [6.07, 6.45) is 1.46. The fourth-order valence-electron chi connectivity index (χ4n) is 3.44. The fourth-order valence-corrected chi connectivity index (χ4v) is 4.59. The highest BCUT2D eigenvalue weighted by Crippen LogP contribution is 2.24. The molecule has 9 heteroatoms. The molecule has 1 saturated heterocycles. The zero-order valence-electron chi connectivity index (χ0n) is 16.8. The molecule has 0 radical (unpaired) electrons. The Kier molecular flexibility index (Phi) is 6.73. The Labute approximate surface area is 176 Å². The van der Waals surface area contributed by atoms with Gasteiger partial charge < -0.3 is 16.0 Å². The molecular formula is C21H26N4O4S. The summed E-state index contributed by atoms with van der Waals surface area (Å²) in [7, 11) is -2.35. The Morgan fingerprint density at radius 2 is 1.67 bits per heavy atom. The quantitative estimate of drug-likeness (QED) is 0.693. The number of hydrogen-bond donors (Lipinski definition) is 2. The Bertz CT molecular complexity index is 985. The van der Waals surface area contributed by atoms with Crippen LogP contribution in [0.15, 0.2) is 59.5 Å². The van der Waals surface area contributed by atoms with Crippen LogP contribution in [-0.2, 0) is 19.6 Å². The first kappa shape index (κ1) is 21.8. The van der Waals surface area contributed by atoms with Crippen molar-refractivity contribution in [3.63, 3.8) is 0 Å². The van der Waals surface area contributed by atoms with Gasteiger partial charge in [0.2, 0.25) is 21.8 Å². The maximum Gasteiger partial charge on any atom is 0.243 e. The molecule has 0 aliphatic carbocycles. The average Bonchev–Trinajstić information content (AvgIpc) is 2.75. The lowest BCUT2D eigenvalue weighted by Crippen LogP contribution is -2.38. The van der Waals surface area contributed by atoms with E-state index in [0.29, 0.717) is 5.69 Å². The highest BCUT2D eigenvalue weighted by Gasteiger charge is 2.24. The second-order valence-electron chi connectivity index (χ2n) is 7.33. The maximum atomic E-state index is 12.5. The number of likely N-dealkylation sites (N-methyl/N-ethyl adjacent to an activating group) is 1. The standard InChI is InChI=1S/C21H26N4O4S/c1-24(30(28,29)19-5-3-2-4-6-19)15-20(26)23-17-7-9-18(10-8-17)25-13-11-16(12-14-25)21(22)27/h2-10,16H,11-15H2,1H3,(H2,22,27)(H,23,26). The molecule has 2 aromatic carbocycles. The van der Waals surface area contributed by atoms with E-state index < -0.39 is 15.9 Å². The van der Waals surface area contributed by atoms with E-state index in [9.17, 15) is 18.0 Å². The number of nitrogens with zero attached hydrogens (tertiary/aromatic N) is 2. The number of piperidine rings is 1. The van der Waals surface area contributed by atoms with Gasteiger partial charge in [-0.25, -0.2) is 8.42 Å². The molecular weight excluding hydrogens is 404 g/mol. The van der Waals surface area contributed by atoms with E-state index in [-0.39, 0.29) is 23.3 Å². The molecule has 2 amide bonds. The van der Waals surface area contributed by atoms with E-state index in [4.69, 9.17) is 5.73 Å². The number of carbonyl (C=O) groups is 2. The number of nitrogens with two attached hydrogens (primary N) is 1. The van der Waals surface area contributed by atoms with Crippen LogP contribution in [0.1, 0.15) is 12.8 Å². The van der Waals surface area contributed by atoms with Crippen LogP contribution in [0.25, 0.3) is 0 Å². The SMILES string of the molecule is CN(CC(=O)Nc1ccc(N2CCC(C(N)=O)CC2)cc1)S(=O)(=O)c1ccccc1. The second kappa shape index (κ2) is 9.27. The molecule has 3 N–H and O–H groups in total. The topological polar surface area (TPSA) is 113 Å². The van der Waals surface area contributed by atoms with Crippen molar-refractivity contribution in [1.29, 1.82) is 0 Å². The number of benzene rings is 2. The Morgan fingerprint density at radius 1 is 1.07 bits per heavy atom. The third-order valence-corrected chi connectivity index (χ3v) is 7.05. The van der Waals surface area contributed by atoms with Gasteiger partial charge in [-0.2, -0.15) is 4.31 Å². The van der Waals surface area contributed by atoms with Crippen LogP contribution in [0, 0.1) is 5.92 Å². The van der Waals surface area contributed by atoms with Crippen molar-refractivity contribution in [3.05, 3.63) is 54.6 Å². The Hall–Kier alpha value is -2.91. The molecule has 30 heavy (non-hydrogen) atoms. The second-order valence-corrected chi connectivity index (χ2v) is 9.38. The zero-order chi connectivity index (χ0) is 21.7. The highest BCUT2D eigenvalue weighted by atomic mass is 32.2. The number of sulfonamides is 1. The molecule has 8 nitrogen and oxygen atoms in total. The summed E-state index contributed by atoms with van der Waals surface area (Å²) in [5, 5.41) is 2.72. The van der Waals surface area contributed by atoms with Crippen LogP contribution in [-0.4, -0.2) is 51.2 Å². The van der Waals surface area contributed by atoms with E-state index >= 15 is 0 Å². The minimum Gasteiger partial charge on any atom is -0.371 e. The molecule has 1 heterocycles. The van der Waals surface area contributed by atoms with Gasteiger partial charge in [0.15, 0.2) is 0 Å². The lowest BCUT2D eigenvalue weighted by Gasteiger charge is -2.32. The van der Waals surface area contributed by atoms with Crippen LogP contribution in [0.4, 0.5) is 11.4 Å². The average molecular weight is 431 g/mol. The van der Waals surface area contributed by atoms with Crippen LogP contribution >= 0.6 is 0 Å². The summed E-state index contributed by atoms with van der Waals surface area (Å²) < 4.78 is 26.1. The van der Waals surface area contributed by atoms with Gasteiger partial charge in [0, 0.05) is 37.4 Å². The van der Waals surface area contributed by atoms with Gasteiger partial charge >= 0.3 is 0 Å². The molecule has 0 aromatic heterocycles. The Balaban J connectivity index is 1.55. The molecule has 0 unspecified atom stereocenters. The molecule has 0 saturated carbocycles. The Morgan fingerprint density at radius 3 is 2.23 bits per heavy atom. The molecule has 2 aromatic rings. The molecule has 3 rings (SSSR count). The molecule has 1 aliphatic rings. The van der Waals surface area contributed by atoms with E-state index in [2.05, 4.69) is 10.2 Å². The largest absolute Gasteiger partial charge is 0.371 e. The van der Waals surface area contributed by atoms with Crippen molar-refractivity contribution in [1.82, 2.24) is 4.31 Å². The minimum atomic E-state index is -3.73. The van der Waals surface area contributed by atoms with Crippen molar-refractivity contribution in [2.75, 3.05) is 36.9 Å². The summed E-state index contributed by atoms with van der Waals surface area (Å²) >= 11 is 0. The van der Waals surface area contributed by atoms with Gasteiger partial charge in [0.05, 0.1) is 11.4 Å². The van der Waals surface area contributed by atoms with Crippen LogP contribution in [0.2, 0.25) is 0 Å². The van der Waals surface area contributed by atoms with Crippen LogP contribution < -0.4 is 16.0 Å². The fraction of sp³-hybridized carbons (Fsp3) is 0.333. The van der Waals surface area contributed by atoms with Crippen molar-refractivity contribution < 1.29 is 18.0 Å². The van der Waals surface area contributed by atoms with Gasteiger partial charge in [-0.3, -0.25) is 9.59 Å².